The predicted octanol–water partition coefficient (Wildman–Crippen LogP) is 4.99. The highest BCUT2D eigenvalue weighted by molar-refractivity contribution is 6.03. The van der Waals surface area contributed by atoms with Gasteiger partial charge in [0.05, 0.1) is 24.2 Å². The summed E-state index contributed by atoms with van der Waals surface area (Å²) < 4.78 is 12.6. The maximum atomic E-state index is 13.3. The van der Waals surface area contributed by atoms with Crippen molar-refractivity contribution in [2.45, 2.75) is 58.8 Å². The number of rotatable bonds is 4. The lowest BCUT2D eigenvalue weighted by molar-refractivity contribution is 0.0833. The van der Waals surface area contributed by atoms with Crippen LogP contribution in [-0.2, 0) is 13.0 Å². The first kappa shape index (κ1) is 22.0. The molecule has 2 aromatic rings. The van der Waals surface area contributed by atoms with Gasteiger partial charge in [-0.05, 0) is 52.3 Å². The molecule has 6 heteroatoms. The Hall–Kier alpha value is -3.25. The molecule has 1 unspecified atom stereocenters. The normalized spacial score (nSPS) is 18.3. The SMILES string of the molecule is CC(C)=CCc1c2c(c(CO)c3c1OC(c1c(O)cccc1O)CC3=O)C=CC(C)(C)O2. The van der Waals surface area contributed by atoms with E-state index in [0.29, 0.717) is 40.2 Å². The zero-order valence-corrected chi connectivity index (χ0v) is 18.7. The number of hydrogen-bond donors (Lipinski definition) is 3. The predicted molar refractivity (Wildman–Crippen MR) is 121 cm³/mol. The van der Waals surface area contributed by atoms with E-state index in [1.54, 1.807) is 0 Å². The third-order valence-corrected chi connectivity index (χ3v) is 5.83. The molecule has 3 N–H and O–H groups in total. The average molecular weight is 437 g/mol. The molecule has 2 heterocycles. The van der Waals surface area contributed by atoms with E-state index < -0.39 is 11.7 Å². The Morgan fingerprint density at radius 1 is 1.16 bits per heavy atom. The number of phenolic OH excluding ortho intramolecular Hbond substituents is 2. The number of carbonyl (C=O) groups excluding carboxylic acids is 1. The van der Waals surface area contributed by atoms with Gasteiger partial charge in [0.2, 0.25) is 0 Å². The van der Waals surface area contributed by atoms with E-state index >= 15 is 0 Å². The fourth-order valence-electron chi connectivity index (χ4n) is 4.27. The number of fused-ring (bicyclic) bond motifs is 2. The second-order valence-electron chi connectivity index (χ2n) is 9.03. The van der Waals surface area contributed by atoms with Crippen LogP contribution in [0.5, 0.6) is 23.0 Å². The van der Waals surface area contributed by atoms with Crippen molar-refractivity contribution in [3.8, 4) is 23.0 Å². The fourth-order valence-corrected chi connectivity index (χ4v) is 4.27. The molecular formula is C26H28O6. The summed E-state index contributed by atoms with van der Waals surface area (Å²) in [4.78, 5) is 13.3. The highest BCUT2D eigenvalue weighted by atomic mass is 16.5. The Kier molecular flexibility index (Phi) is 5.51. The Morgan fingerprint density at radius 2 is 1.84 bits per heavy atom. The number of aliphatic hydroxyl groups excluding tert-OH is 1. The summed E-state index contributed by atoms with van der Waals surface area (Å²) in [7, 11) is 0. The Bertz CT molecular complexity index is 1130. The van der Waals surface area contributed by atoms with E-state index in [-0.39, 0.29) is 35.9 Å². The number of phenols is 2. The fraction of sp³-hybridized carbons (Fsp3) is 0.346. The summed E-state index contributed by atoms with van der Waals surface area (Å²) in [5, 5.41) is 30.9. The van der Waals surface area contributed by atoms with Gasteiger partial charge in [-0.15, -0.1) is 0 Å². The smallest absolute Gasteiger partial charge is 0.171 e. The van der Waals surface area contributed by atoms with Crippen LogP contribution in [-0.4, -0.2) is 26.7 Å². The molecule has 0 bridgehead atoms. The minimum absolute atomic E-state index is 0.0674. The highest BCUT2D eigenvalue weighted by Crippen LogP contribution is 2.50. The molecule has 2 aromatic carbocycles. The maximum absolute atomic E-state index is 13.3. The van der Waals surface area contributed by atoms with Crippen molar-refractivity contribution < 1.29 is 29.6 Å². The lowest BCUT2D eigenvalue weighted by atomic mass is 9.85. The van der Waals surface area contributed by atoms with Crippen LogP contribution >= 0.6 is 0 Å². The van der Waals surface area contributed by atoms with Crippen molar-refractivity contribution in [2.75, 3.05) is 0 Å². The van der Waals surface area contributed by atoms with Gasteiger partial charge >= 0.3 is 0 Å². The number of aliphatic hydroxyl groups is 1. The van der Waals surface area contributed by atoms with Gasteiger partial charge in [0.1, 0.15) is 34.7 Å². The van der Waals surface area contributed by atoms with E-state index in [9.17, 15) is 20.1 Å². The van der Waals surface area contributed by atoms with Gasteiger partial charge in [-0.25, -0.2) is 0 Å². The average Bonchev–Trinajstić information content (AvgIpc) is 2.70. The van der Waals surface area contributed by atoms with Crippen LogP contribution in [0.1, 0.15) is 72.8 Å². The first-order chi connectivity index (χ1) is 15.1. The van der Waals surface area contributed by atoms with E-state index in [0.717, 1.165) is 5.57 Å². The second-order valence-corrected chi connectivity index (χ2v) is 9.03. The highest BCUT2D eigenvalue weighted by Gasteiger charge is 2.38. The number of Topliss-reactive ketones (excluding diaryl/α,β-unsaturated/α-hetero) is 1. The lowest BCUT2D eigenvalue weighted by Gasteiger charge is -2.35. The van der Waals surface area contributed by atoms with Crippen LogP contribution in [0.3, 0.4) is 0 Å². The number of ether oxygens (including phenoxy) is 2. The van der Waals surface area contributed by atoms with E-state index in [1.807, 2.05) is 45.9 Å². The quantitative estimate of drug-likeness (QED) is 0.585. The van der Waals surface area contributed by atoms with Crippen molar-refractivity contribution in [1.29, 1.82) is 0 Å². The number of ketones is 1. The molecule has 0 fully saturated rings. The molecule has 2 aliphatic heterocycles. The van der Waals surface area contributed by atoms with Crippen molar-refractivity contribution in [1.82, 2.24) is 0 Å². The van der Waals surface area contributed by atoms with E-state index in [2.05, 4.69) is 0 Å². The molecule has 0 aromatic heterocycles. The summed E-state index contributed by atoms with van der Waals surface area (Å²) in [6.45, 7) is 7.50. The third-order valence-electron chi connectivity index (χ3n) is 5.83. The molecule has 4 rings (SSSR count). The number of aromatic hydroxyl groups is 2. The van der Waals surface area contributed by atoms with Crippen molar-refractivity contribution in [3.05, 3.63) is 63.7 Å². The molecule has 0 saturated carbocycles. The van der Waals surface area contributed by atoms with Gasteiger partial charge in [-0.2, -0.15) is 0 Å². The standard InChI is InChI=1S/C26H28O6/c1-14(2)8-9-16-24-15(10-11-26(3,4)32-24)17(13-27)22-20(30)12-21(31-25(16)22)23-18(28)6-5-7-19(23)29/h5-8,10-11,21,27-29H,9,12-13H2,1-4H3. The van der Waals surface area contributed by atoms with Gasteiger partial charge in [0.15, 0.2) is 5.78 Å². The Balaban J connectivity index is 1.97. The lowest BCUT2D eigenvalue weighted by Crippen LogP contribution is -2.30. The molecule has 32 heavy (non-hydrogen) atoms. The van der Waals surface area contributed by atoms with E-state index in [1.165, 1.54) is 18.2 Å². The molecule has 0 spiro atoms. The monoisotopic (exact) mass is 436 g/mol. The van der Waals surface area contributed by atoms with Crippen LogP contribution < -0.4 is 9.47 Å². The molecule has 168 valence electrons. The summed E-state index contributed by atoms with van der Waals surface area (Å²) in [5.41, 5.74) is 2.89. The summed E-state index contributed by atoms with van der Waals surface area (Å²) in [6.07, 6.45) is 5.36. The zero-order valence-electron chi connectivity index (χ0n) is 18.7. The molecule has 2 aliphatic rings. The van der Waals surface area contributed by atoms with Crippen LogP contribution in [0.2, 0.25) is 0 Å². The second kappa shape index (κ2) is 8.02. The molecule has 0 saturated heterocycles. The first-order valence-corrected chi connectivity index (χ1v) is 10.7. The Morgan fingerprint density at radius 3 is 2.47 bits per heavy atom. The van der Waals surface area contributed by atoms with Gasteiger partial charge < -0.3 is 24.8 Å². The van der Waals surface area contributed by atoms with E-state index in [4.69, 9.17) is 9.47 Å². The van der Waals surface area contributed by atoms with Gasteiger partial charge in [-0.3, -0.25) is 4.79 Å². The Labute approximate surface area is 187 Å². The van der Waals surface area contributed by atoms with Gasteiger partial charge in [0, 0.05) is 16.7 Å². The minimum atomic E-state index is -0.863. The molecule has 1 atom stereocenters. The summed E-state index contributed by atoms with van der Waals surface area (Å²) >= 11 is 0. The first-order valence-electron chi connectivity index (χ1n) is 10.7. The third kappa shape index (κ3) is 3.75. The number of carbonyl (C=O) groups is 1. The van der Waals surface area contributed by atoms with Crippen molar-refractivity contribution in [3.63, 3.8) is 0 Å². The van der Waals surface area contributed by atoms with Crippen LogP contribution in [0, 0.1) is 0 Å². The zero-order chi connectivity index (χ0) is 23.2. The molecule has 0 aliphatic carbocycles. The summed E-state index contributed by atoms with van der Waals surface area (Å²) in [5.74, 6) is 0.408. The maximum Gasteiger partial charge on any atom is 0.171 e. The van der Waals surface area contributed by atoms with Crippen molar-refractivity contribution in [2.24, 2.45) is 0 Å². The topological polar surface area (TPSA) is 96.2 Å². The van der Waals surface area contributed by atoms with Gasteiger partial charge in [-0.1, -0.05) is 23.8 Å². The van der Waals surface area contributed by atoms with Crippen LogP contribution in [0.25, 0.3) is 6.08 Å². The van der Waals surface area contributed by atoms with Crippen LogP contribution in [0.4, 0.5) is 0 Å². The minimum Gasteiger partial charge on any atom is -0.507 e. The van der Waals surface area contributed by atoms with Crippen molar-refractivity contribution >= 4 is 11.9 Å². The number of benzene rings is 2. The number of allylic oxidation sites excluding steroid dienone is 2. The largest absolute Gasteiger partial charge is 0.507 e. The van der Waals surface area contributed by atoms with Crippen LogP contribution in [0.15, 0.2) is 35.9 Å². The summed E-state index contributed by atoms with van der Waals surface area (Å²) in [6, 6.07) is 4.42. The molecule has 0 amide bonds. The molecular weight excluding hydrogens is 408 g/mol. The molecule has 0 radical (unpaired) electrons. The van der Waals surface area contributed by atoms with Gasteiger partial charge in [0.25, 0.3) is 0 Å². The molecule has 6 nitrogen and oxygen atoms in total. The number of hydrogen-bond acceptors (Lipinski definition) is 6.